The van der Waals surface area contributed by atoms with Crippen LogP contribution in [0.4, 0.5) is 42.5 Å². The third-order valence-corrected chi connectivity index (χ3v) is 10.2. The highest BCUT2D eigenvalue weighted by atomic mass is 35.5. The molecule has 0 bridgehead atoms. The number of nitrogens with two attached hydrogens (primary N) is 2. The summed E-state index contributed by atoms with van der Waals surface area (Å²) in [7, 11) is -1.96. The molecule has 318 valence electrons. The molecule has 3 aromatic rings. The number of H-pyrrole nitrogens is 1. The Morgan fingerprint density at radius 3 is 1.90 bits per heavy atom. The van der Waals surface area contributed by atoms with Gasteiger partial charge in [-0.1, -0.05) is 23.7 Å². The molecule has 0 aliphatic carbocycles. The van der Waals surface area contributed by atoms with E-state index < -0.39 is 40.4 Å². The van der Waals surface area contributed by atoms with Crippen LogP contribution < -0.4 is 16.8 Å². The highest BCUT2D eigenvalue weighted by molar-refractivity contribution is 7.88. The van der Waals surface area contributed by atoms with Gasteiger partial charge in [-0.25, -0.2) is 37.1 Å². The van der Waals surface area contributed by atoms with Crippen molar-refractivity contribution in [2.45, 2.75) is 37.7 Å². The number of carbonyl (C=O) groups excluding carboxylic acids is 2. The van der Waals surface area contributed by atoms with Crippen LogP contribution in [0.2, 0.25) is 5.15 Å². The van der Waals surface area contributed by atoms with E-state index in [2.05, 4.69) is 20.0 Å². The molecule has 8 N–H and O–H groups in total. The number of sulfonamides is 1. The van der Waals surface area contributed by atoms with Gasteiger partial charge in [-0.3, -0.25) is 10.1 Å². The number of nitrogens with one attached hydrogen (secondary N) is 2. The molecule has 2 aromatic carbocycles. The standard InChI is InChI=1S/C29H35ClN8O5S.2C2HF3O2/c1-43-29(40)34-22-7-3-18(4-8-22)24-25(30)36-26(35-24)23-15-20(17-11-13-37(14-12-17)44(2,41)42)16-38(23)27(39)19-5-9-21(10-6-19)33-28(31)32;2*3-2(4,5)1(6)7/h3-10,17,20,23H,11-16H2,1-2H3,(H,34,40)(H,35,36)(H4,31,32,33);2*(H,6,7)/t20-,23-;;/m0../s1. The zero-order valence-electron chi connectivity index (χ0n) is 30.3. The second kappa shape index (κ2) is 19.2. The molecular formula is C33H37ClF6N8O9S. The SMILES string of the molecule is COC(=O)Nc1ccc(-c2nc([C@@H]3C[C@H](C4CCN(S(C)(=O)=O)CC4)CN3C(=O)c3ccc(N=C(N)N)cc3)[nH]c2Cl)cc1.O=C(O)C(F)(F)F.O=C(O)C(F)(F)F. The van der Waals surface area contributed by atoms with E-state index in [0.717, 1.165) is 18.4 Å². The number of aromatic nitrogens is 2. The van der Waals surface area contributed by atoms with E-state index >= 15 is 0 Å². The van der Waals surface area contributed by atoms with Crippen molar-refractivity contribution < 1.29 is 68.9 Å². The number of ether oxygens (including phenoxy) is 1. The van der Waals surface area contributed by atoms with E-state index in [1.165, 1.54) is 17.7 Å². The summed E-state index contributed by atoms with van der Waals surface area (Å²) in [6, 6.07) is 13.3. The Morgan fingerprint density at radius 1 is 0.931 bits per heavy atom. The number of benzene rings is 2. The largest absolute Gasteiger partial charge is 0.490 e. The number of likely N-dealkylation sites (tertiary alicyclic amines) is 1. The Labute approximate surface area is 331 Å². The smallest absolute Gasteiger partial charge is 0.475 e. The number of carbonyl (C=O) groups is 4. The fourth-order valence-corrected chi connectivity index (χ4v) is 7.09. The average molecular weight is 871 g/mol. The molecule has 0 unspecified atom stereocenters. The first-order valence-electron chi connectivity index (χ1n) is 16.6. The molecule has 17 nitrogen and oxygen atoms in total. The summed E-state index contributed by atoms with van der Waals surface area (Å²) in [4.78, 5) is 57.1. The minimum absolute atomic E-state index is 0.0756. The molecule has 2 saturated heterocycles. The highest BCUT2D eigenvalue weighted by Gasteiger charge is 2.43. The third kappa shape index (κ3) is 13.2. The third-order valence-electron chi connectivity index (χ3n) is 8.67. The minimum Gasteiger partial charge on any atom is -0.475 e. The summed E-state index contributed by atoms with van der Waals surface area (Å²) in [5, 5.41) is 17.2. The van der Waals surface area contributed by atoms with Crippen LogP contribution in [0.25, 0.3) is 11.3 Å². The molecule has 2 aliphatic rings. The van der Waals surface area contributed by atoms with E-state index in [-0.39, 0.29) is 29.7 Å². The first-order valence-corrected chi connectivity index (χ1v) is 18.8. The topological polar surface area (TPSA) is 264 Å². The lowest BCUT2D eigenvalue weighted by molar-refractivity contribution is -0.193. The Hall–Kier alpha value is -5.62. The molecule has 2 atom stereocenters. The van der Waals surface area contributed by atoms with Crippen LogP contribution in [0.1, 0.15) is 41.5 Å². The van der Waals surface area contributed by atoms with Crippen molar-refractivity contribution in [3.8, 4) is 11.3 Å². The molecular weight excluding hydrogens is 834 g/mol. The lowest BCUT2D eigenvalue weighted by atomic mass is 9.83. The van der Waals surface area contributed by atoms with Gasteiger partial charge in [-0.2, -0.15) is 26.3 Å². The predicted molar refractivity (Wildman–Crippen MR) is 195 cm³/mol. The first kappa shape index (κ1) is 46.8. The number of aromatic amines is 1. The van der Waals surface area contributed by atoms with E-state index in [1.54, 1.807) is 48.5 Å². The van der Waals surface area contributed by atoms with Crippen LogP contribution in [-0.2, 0) is 24.3 Å². The van der Waals surface area contributed by atoms with Crippen molar-refractivity contribution in [2.75, 3.05) is 38.3 Å². The normalized spacial score (nSPS) is 17.5. The zero-order valence-corrected chi connectivity index (χ0v) is 31.9. The number of amides is 2. The van der Waals surface area contributed by atoms with Crippen molar-refractivity contribution in [2.24, 2.45) is 28.3 Å². The predicted octanol–water partition coefficient (Wildman–Crippen LogP) is 4.95. The maximum absolute atomic E-state index is 13.9. The van der Waals surface area contributed by atoms with Crippen LogP contribution in [0.5, 0.6) is 0 Å². The van der Waals surface area contributed by atoms with Crippen LogP contribution in [0.15, 0.2) is 53.5 Å². The van der Waals surface area contributed by atoms with Crippen LogP contribution in [0, 0.1) is 11.8 Å². The number of carboxylic acids is 2. The monoisotopic (exact) mass is 870 g/mol. The number of imidazole rings is 1. The van der Waals surface area contributed by atoms with Gasteiger partial charge in [0.05, 0.1) is 25.1 Å². The number of guanidine groups is 1. The summed E-state index contributed by atoms with van der Waals surface area (Å²) in [6.45, 7) is 1.41. The van der Waals surface area contributed by atoms with E-state index in [4.69, 9.17) is 47.9 Å². The number of hydrogen-bond donors (Lipinski definition) is 6. The molecule has 2 fully saturated rings. The lowest BCUT2D eigenvalue weighted by Crippen LogP contribution is -2.40. The van der Waals surface area contributed by atoms with Gasteiger partial charge in [0.2, 0.25) is 10.0 Å². The Morgan fingerprint density at radius 2 is 1.45 bits per heavy atom. The number of alkyl halides is 6. The van der Waals surface area contributed by atoms with Crippen molar-refractivity contribution in [3.05, 3.63) is 65.1 Å². The molecule has 2 aliphatic heterocycles. The number of piperidine rings is 1. The quantitative estimate of drug-likeness (QED) is 0.105. The Kier molecular flexibility index (Phi) is 15.5. The number of carboxylic acid groups (broad SMARTS) is 2. The summed E-state index contributed by atoms with van der Waals surface area (Å²) >= 11 is 6.65. The molecule has 5 rings (SSSR count). The Bertz CT molecular complexity index is 2050. The van der Waals surface area contributed by atoms with Crippen LogP contribution in [0.3, 0.4) is 0 Å². The van der Waals surface area contributed by atoms with Gasteiger partial charge in [-0.05, 0) is 67.5 Å². The fraction of sp³-hybridized carbons (Fsp3) is 0.394. The minimum atomic E-state index is -5.08. The molecule has 25 heteroatoms. The van der Waals surface area contributed by atoms with Gasteiger partial charge < -0.3 is 36.3 Å². The van der Waals surface area contributed by atoms with E-state index in [0.29, 0.717) is 59.7 Å². The maximum Gasteiger partial charge on any atom is 0.490 e. The van der Waals surface area contributed by atoms with Crippen molar-refractivity contribution in [1.29, 1.82) is 0 Å². The maximum atomic E-state index is 13.9. The van der Waals surface area contributed by atoms with Gasteiger partial charge in [0.1, 0.15) is 16.7 Å². The summed E-state index contributed by atoms with van der Waals surface area (Å²) in [5.41, 5.74) is 13.8. The molecule has 0 spiro atoms. The number of aliphatic imine (C=N–C) groups is 1. The number of aliphatic carboxylic acids is 2. The molecule has 0 radical (unpaired) electrons. The zero-order chi connectivity index (χ0) is 43.7. The number of rotatable bonds is 7. The van der Waals surface area contributed by atoms with Gasteiger partial charge in [-0.15, -0.1) is 0 Å². The number of halogens is 7. The van der Waals surface area contributed by atoms with Crippen molar-refractivity contribution in [1.82, 2.24) is 19.2 Å². The first-order chi connectivity index (χ1) is 26.8. The average Bonchev–Trinajstić information content (AvgIpc) is 3.75. The highest BCUT2D eigenvalue weighted by Crippen LogP contribution is 2.43. The number of anilines is 1. The van der Waals surface area contributed by atoms with Crippen LogP contribution >= 0.6 is 11.6 Å². The summed E-state index contributed by atoms with van der Waals surface area (Å²) in [5.74, 6) is -4.81. The van der Waals surface area contributed by atoms with Gasteiger partial charge in [0.15, 0.2) is 5.96 Å². The van der Waals surface area contributed by atoms with Gasteiger partial charge in [0.25, 0.3) is 5.91 Å². The molecule has 0 saturated carbocycles. The summed E-state index contributed by atoms with van der Waals surface area (Å²) < 4.78 is 93.8. The summed E-state index contributed by atoms with van der Waals surface area (Å²) in [6.07, 6.45) is -7.43. The molecule has 58 heavy (non-hydrogen) atoms. The van der Waals surface area contributed by atoms with Crippen molar-refractivity contribution in [3.63, 3.8) is 0 Å². The van der Waals surface area contributed by atoms with E-state index in [1.807, 2.05) is 4.90 Å². The second-order valence-electron chi connectivity index (χ2n) is 12.6. The molecule has 1 aromatic heterocycles. The number of hydrogen-bond acceptors (Lipinski definition) is 9. The number of nitrogens with zero attached hydrogens (tertiary/aromatic N) is 4. The van der Waals surface area contributed by atoms with E-state index in [9.17, 15) is 44.3 Å². The lowest BCUT2D eigenvalue weighted by Gasteiger charge is -2.33. The molecule has 2 amide bonds. The van der Waals surface area contributed by atoms with Gasteiger partial charge >= 0.3 is 30.4 Å². The Balaban J connectivity index is 0.000000550. The molecule has 3 heterocycles. The number of methoxy groups -OCH3 is 1. The van der Waals surface area contributed by atoms with Crippen LogP contribution in [-0.4, -0.2) is 113 Å². The van der Waals surface area contributed by atoms with Crippen molar-refractivity contribution >= 4 is 62.9 Å². The van der Waals surface area contributed by atoms with Gasteiger partial charge in [0, 0.05) is 36.4 Å². The fourth-order valence-electron chi connectivity index (χ4n) is 5.96. The second-order valence-corrected chi connectivity index (χ2v) is 15.0.